The van der Waals surface area contributed by atoms with E-state index in [0.29, 0.717) is 6.07 Å². The van der Waals surface area contributed by atoms with Gasteiger partial charge >= 0.3 is 6.18 Å². The smallest absolute Gasteiger partial charge is 0.422 e. The Kier molecular flexibility index (Phi) is 3.92. The predicted octanol–water partition coefficient (Wildman–Crippen LogP) is 2.93. The summed E-state index contributed by atoms with van der Waals surface area (Å²) in [5.41, 5.74) is 5.23. The van der Waals surface area contributed by atoms with E-state index in [-0.39, 0.29) is 5.56 Å². The van der Waals surface area contributed by atoms with Crippen molar-refractivity contribution in [1.82, 2.24) is 0 Å². The quantitative estimate of drug-likeness (QED) is 0.843. The van der Waals surface area contributed by atoms with Crippen LogP contribution in [0.4, 0.5) is 22.0 Å². The fourth-order valence-electron chi connectivity index (χ4n) is 1.16. The van der Waals surface area contributed by atoms with Gasteiger partial charge in [0.15, 0.2) is 18.2 Å². The second-order valence-corrected chi connectivity index (χ2v) is 3.50. The van der Waals surface area contributed by atoms with E-state index in [9.17, 15) is 22.0 Å². The van der Waals surface area contributed by atoms with Crippen molar-refractivity contribution in [2.45, 2.75) is 19.1 Å². The van der Waals surface area contributed by atoms with Crippen LogP contribution in [0.3, 0.4) is 0 Å². The molecule has 0 unspecified atom stereocenters. The van der Waals surface area contributed by atoms with Gasteiger partial charge in [-0.25, -0.2) is 8.78 Å². The summed E-state index contributed by atoms with van der Waals surface area (Å²) in [7, 11) is 0. The van der Waals surface area contributed by atoms with E-state index in [2.05, 4.69) is 4.74 Å². The lowest BCUT2D eigenvalue weighted by molar-refractivity contribution is -0.153. The van der Waals surface area contributed by atoms with E-state index in [1.54, 1.807) is 0 Å². The van der Waals surface area contributed by atoms with Crippen LogP contribution in [-0.2, 0) is 0 Å². The van der Waals surface area contributed by atoms with E-state index in [0.717, 1.165) is 6.07 Å². The number of benzene rings is 1. The Hall–Kier alpha value is -1.37. The molecular weight excluding hydrogens is 245 g/mol. The predicted molar refractivity (Wildman–Crippen MR) is 50.5 cm³/mol. The van der Waals surface area contributed by atoms with Crippen LogP contribution in [0.2, 0.25) is 0 Å². The van der Waals surface area contributed by atoms with Gasteiger partial charge in [-0.1, -0.05) is 0 Å². The molecule has 0 aliphatic heterocycles. The Bertz CT molecular complexity index is 402. The minimum atomic E-state index is -4.61. The molecule has 17 heavy (non-hydrogen) atoms. The number of hydrogen-bond acceptors (Lipinski definition) is 2. The minimum absolute atomic E-state index is 0.123. The van der Waals surface area contributed by atoms with Crippen molar-refractivity contribution in [1.29, 1.82) is 0 Å². The van der Waals surface area contributed by atoms with Crippen molar-refractivity contribution in [3.63, 3.8) is 0 Å². The fourth-order valence-corrected chi connectivity index (χ4v) is 1.16. The molecule has 96 valence electrons. The molecule has 1 rings (SSSR count). The standard InChI is InChI=1S/C10H10F5NO/c1-5(16)6-2-8(12)9(3-7(6)11)17-4-10(13,14)15/h2-3,5H,4,16H2,1H3/t5-/m0/s1. The molecule has 0 amide bonds. The molecule has 0 fully saturated rings. The molecule has 0 aromatic heterocycles. The highest BCUT2D eigenvalue weighted by Gasteiger charge is 2.29. The molecule has 1 atom stereocenters. The van der Waals surface area contributed by atoms with Crippen molar-refractivity contribution in [2.24, 2.45) is 5.73 Å². The summed E-state index contributed by atoms with van der Waals surface area (Å²) >= 11 is 0. The maximum Gasteiger partial charge on any atom is 0.422 e. The van der Waals surface area contributed by atoms with Crippen molar-refractivity contribution in [3.05, 3.63) is 29.3 Å². The molecule has 0 heterocycles. The highest BCUT2D eigenvalue weighted by Crippen LogP contribution is 2.26. The second-order valence-electron chi connectivity index (χ2n) is 3.50. The molecular formula is C10H10F5NO. The van der Waals surface area contributed by atoms with Gasteiger partial charge in [0, 0.05) is 17.7 Å². The minimum Gasteiger partial charge on any atom is -0.481 e. The van der Waals surface area contributed by atoms with Gasteiger partial charge in [-0.2, -0.15) is 13.2 Å². The van der Waals surface area contributed by atoms with Crippen LogP contribution in [0.5, 0.6) is 5.75 Å². The van der Waals surface area contributed by atoms with Gasteiger partial charge in [0.25, 0.3) is 0 Å². The maximum atomic E-state index is 13.3. The Balaban J connectivity index is 2.92. The largest absolute Gasteiger partial charge is 0.481 e. The highest BCUT2D eigenvalue weighted by atomic mass is 19.4. The van der Waals surface area contributed by atoms with Crippen LogP contribution < -0.4 is 10.5 Å². The first-order valence-electron chi connectivity index (χ1n) is 4.65. The zero-order valence-corrected chi connectivity index (χ0v) is 8.81. The van der Waals surface area contributed by atoms with E-state index in [1.807, 2.05) is 0 Å². The topological polar surface area (TPSA) is 35.2 Å². The molecule has 0 radical (unpaired) electrons. The molecule has 7 heteroatoms. The Morgan fingerprint density at radius 3 is 2.29 bits per heavy atom. The maximum absolute atomic E-state index is 13.3. The number of halogens is 5. The zero-order chi connectivity index (χ0) is 13.2. The lowest BCUT2D eigenvalue weighted by atomic mass is 10.1. The first-order valence-corrected chi connectivity index (χ1v) is 4.65. The van der Waals surface area contributed by atoms with Crippen molar-refractivity contribution in [3.8, 4) is 5.75 Å². The molecule has 0 bridgehead atoms. The van der Waals surface area contributed by atoms with Crippen LogP contribution in [0.25, 0.3) is 0 Å². The van der Waals surface area contributed by atoms with Crippen LogP contribution in [0, 0.1) is 11.6 Å². The number of rotatable bonds is 3. The molecule has 0 spiro atoms. The van der Waals surface area contributed by atoms with Gasteiger partial charge in [-0.3, -0.25) is 0 Å². The molecule has 2 N–H and O–H groups in total. The van der Waals surface area contributed by atoms with E-state index in [1.165, 1.54) is 6.92 Å². The fraction of sp³-hybridized carbons (Fsp3) is 0.400. The Labute approximate surface area is 94.2 Å². The molecule has 1 aromatic rings. The Morgan fingerprint density at radius 2 is 1.82 bits per heavy atom. The van der Waals surface area contributed by atoms with Gasteiger partial charge in [-0.05, 0) is 13.0 Å². The van der Waals surface area contributed by atoms with Crippen molar-refractivity contribution in [2.75, 3.05) is 6.61 Å². The van der Waals surface area contributed by atoms with Crippen LogP contribution >= 0.6 is 0 Å². The summed E-state index contributed by atoms with van der Waals surface area (Å²) in [4.78, 5) is 0. The van der Waals surface area contributed by atoms with Gasteiger partial charge in [0.2, 0.25) is 0 Å². The monoisotopic (exact) mass is 255 g/mol. The van der Waals surface area contributed by atoms with Crippen molar-refractivity contribution < 1.29 is 26.7 Å². The molecule has 1 aromatic carbocycles. The average molecular weight is 255 g/mol. The summed E-state index contributed by atoms with van der Waals surface area (Å²) in [6.07, 6.45) is -4.61. The number of nitrogens with two attached hydrogens (primary N) is 1. The molecule has 2 nitrogen and oxygen atoms in total. The summed E-state index contributed by atoms with van der Waals surface area (Å²) in [5.74, 6) is -2.77. The lowest BCUT2D eigenvalue weighted by Crippen LogP contribution is -2.20. The first-order chi connectivity index (χ1) is 7.70. The molecule has 0 saturated carbocycles. The second kappa shape index (κ2) is 4.87. The van der Waals surface area contributed by atoms with Gasteiger partial charge in [0.05, 0.1) is 0 Å². The highest BCUT2D eigenvalue weighted by molar-refractivity contribution is 5.32. The SMILES string of the molecule is C[C@H](N)c1cc(F)c(OCC(F)(F)F)cc1F. The third-order valence-electron chi connectivity index (χ3n) is 1.93. The zero-order valence-electron chi connectivity index (χ0n) is 8.81. The lowest BCUT2D eigenvalue weighted by Gasteiger charge is -2.12. The summed E-state index contributed by atoms with van der Waals surface area (Å²) < 4.78 is 66.1. The third-order valence-corrected chi connectivity index (χ3v) is 1.93. The van der Waals surface area contributed by atoms with Gasteiger partial charge < -0.3 is 10.5 Å². The first kappa shape index (κ1) is 13.7. The van der Waals surface area contributed by atoms with Crippen LogP contribution in [0.15, 0.2) is 12.1 Å². The van der Waals surface area contributed by atoms with Crippen LogP contribution in [-0.4, -0.2) is 12.8 Å². The summed E-state index contributed by atoms with van der Waals surface area (Å²) in [6, 6.07) is 0.520. The van der Waals surface area contributed by atoms with E-state index in [4.69, 9.17) is 5.73 Å². The third kappa shape index (κ3) is 3.85. The number of alkyl halides is 3. The molecule has 0 saturated heterocycles. The van der Waals surface area contributed by atoms with E-state index >= 15 is 0 Å². The van der Waals surface area contributed by atoms with Crippen LogP contribution in [0.1, 0.15) is 18.5 Å². The summed E-state index contributed by atoms with van der Waals surface area (Å²) in [6.45, 7) is -0.255. The van der Waals surface area contributed by atoms with Crippen molar-refractivity contribution >= 4 is 0 Å². The van der Waals surface area contributed by atoms with E-state index < -0.39 is 36.2 Å². The average Bonchev–Trinajstić information content (AvgIpc) is 2.17. The van der Waals surface area contributed by atoms with Gasteiger partial charge in [-0.15, -0.1) is 0 Å². The Morgan fingerprint density at radius 1 is 1.24 bits per heavy atom. The normalized spacial score (nSPS) is 13.6. The number of ether oxygens (including phenoxy) is 1. The summed E-state index contributed by atoms with van der Waals surface area (Å²) in [5, 5.41) is 0. The van der Waals surface area contributed by atoms with Gasteiger partial charge in [0.1, 0.15) is 5.82 Å². The number of hydrogen-bond donors (Lipinski definition) is 1. The molecule has 0 aliphatic rings. The molecule has 0 aliphatic carbocycles.